The third kappa shape index (κ3) is 3.17. The van der Waals surface area contributed by atoms with E-state index in [0.717, 1.165) is 23.7 Å². The molecule has 0 bridgehead atoms. The Morgan fingerprint density at radius 3 is 2.82 bits per heavy atom. The molecule has 0 saturated carbocycles. The van der Waals surface area contributed by atoms with Crippen LogP contribution >= 0.6 is 0 Å². The van der Waals surface area contributed by atoms with Gasteiger partial charge in [-0.05, 0) is 55.3 Å². The lowest BCUT2D eigenvalue weighted by Crippen LogP contribution is -2.15. The van der Waals surface area contributed by atoms with E-state index < -0.39 is 0 Å². The van der Waals surface area contributed by atoms with E-state index in [1.54, 1.807) is 0 Å². The highest BCUT2D eigenvalue weighted by Gasteiger charge is 2.17. The van der Waals surface area contributed by atoms with Gasteiger partial charge < -0.3 is 19.9 Å². The largest absolute Gasteiger partial charge is 0.494 e. The average Bonchev–Trinajstić information content (AvgIpc) is 3.01. The Bertz CT molecular complexity index is 642. The first-order valence-corrected chi connectivity index (χ1v) is 7.61. The van der Waals surface area contributed by atoms with E-state index in [-0.39, 0.29) is 5.92 Å². The van der Waals surface area contributed by atoms with Crippen molar-refractivity contribution < 1.29 is 14.2 Å². The minimum absolute atomic E-state index is 0.242. The van der Waals surface area contributed by atoms with Gasteiger partial charge in [-0.3, -0.25) is 0 Å². The van der Waals surface area contributed by atoms with E-state index in [1.807, 2.05) is 31.2 Å². The van der Waals surface area contributed by atoms with Crippen molar-refractivity contribution in [2.24, 2.45) is 5.73 Å². The van der Waals surface area contributed by atoms with Gasteiger partial charge in [0.15, 0.2) is 11.5 Å². The van der Waals surface area contributed by atoms with Crippen molar-refractivity contribution in [1.29, 1.82) is 0 Å². The maximum Gasteiger partial charge on any atom is 0.231 e. The standard InChI is InChI=1S/C18H21NO3/c1-2-20-16-5-3-4-13(9-16)8-15(11-19)14-6-7-17-18(10-14)22-12-21-17/h3-7,9-10,15H,2,8,11-12,19H2,1H3. The summed E-state index contributed by atoms with van der Waals surface area (Å²) in [5, 5.41) is 0. The van der Waals surface area contributed by atoms with Crippen LogP contribution in [0.15, 0.2) is 42.5 Å². The smallest absolute Gasteiger partial charge is 0.231 e. The number of rotatable bonds is 6. The topological polar surface area (TPSA) is 53.7 Å². The number of fused-ring (bicyclic) bond motifs is 1. The second-order valence-electron chi connectivity index (χ2n) is 5.33. The van der Waals surface area contributed by atoms with Gasteiger partial charge in [0.05, 0.1) is 6.61 Å². The van der Waals surface area contributed by atoms with Crippen LogP contribution in [0.5, 0.6) is 17.2 Å². The van der Waals surface area contributed by atoms with Gasteiger partial charge in [-0.25, -0.2) is 0 Å². The highest BCUT2D eigenvalue weighted by atomic mass is 16.7. The molecular weight excluding hydrogens is 278 g/mol. The first-order valence-electron chi connectivity index (χ1n) is 7.61. The Balaban J connectivity index is 1.78. The minimum Gasteiger partial charge on any atom is -0.494 e. The van der Waals surface area contributed by atoms with Crippen LogP contribution in [0.3, 0.4) is 0 Å². The van der Waals surface area contributed by atoms with Crippen molar-refractivity contribution in [3.05, 3.63) is 53.6 Å². The molecule has 2 aromatic carbocycles. The zero-order chi connectivity index (χ0) is 15.4. The predicted molar refractivity (Wildman–Crippen MR) is 85.7 cm³/mol. The molecule has 0 aliphatic carbocycles. The molecular formula is C18H21NO3. The van der Waals surface area contributed by atoms with Crippen LogP contribution in [0.4, 0.5) is 0 Å². The zero-order valence-corrected chi connectivity index (χ0v) is 12.7. The summed E-state index contributed by atoms with van der Waals surface area (Å²) in [6, 6.07) is 14.2. The molecule has 0 amide bonds. The number of hydrogen-bond donors (Lipinski definition) is 1. The molecule has 2 N–H and O–H groups in total. The summed E-state index contributed by atoms with van der Waals surface area (Å²) >= 11 is 0. The van der Waals surface area contributed by atoms with E-state index in [0.29, 0.717) is 19.9 Å². The Labute approximate surface area is 130 Å². The van der Waals surface area contributed by atoms with Crippen molar-refractivity contribution >= 4 is 0 Å². The van der Waals surface area contributed by atoms with Crippen LogP contribution < -0.4 is 19.9 Å². The average molecular weight is 299 g/mol. The molecule has 1 aliphatic heterocycles. The molecule has 2 aromatic rings. The molecule has 4 heteroatoms. The fourth-order valence-electron chi connectivity index (χ4n) is 2.72. The molecule has 1 atom stereocenters. The molecule has 0 aromatic heterocycles. The number of hydrogen-bond acceptors (Lipinski definition) is 4. The molecule has 0 radical (unpaired) electrons. The normalized spacial score (nSPS) is 13.9. The first-order chi connectivity index (χ1) is 10.8. The van der Waals surface area contributed by atoms with E-state index in [4.69, 9.17) is 19.9 Å². The Hall–Kier alpha value is -2.20. The Morgan fingerprint density at radius 2 is 2.00 bits per heavy atom. The molecule has 22 heavy (non-hydrogen) atoms. The van der Waals surface area contributed by atoms with Crippen LogP contribution in [0.25, 0.3) is 0 Å². The first kappa shape index (κ1) is 14.7. The third-order valence-electron chi connectivity index (χ3n) is 3.84. The van der Waals surface area contributed by atoms with E-state index in [2.05, 4.69) is 18.2 Å². The molecule has 4 nitrogen and oxygen atoms in total. The molecule has 0 fully saturated rings. The maximum absolute atomic E-state index is 5.99. The number of nitrogens with two attached hydrogens (primary N) is 1. The minimum atomic E-state index is 0.242. The fourth-order valence-corrected chi connectivity index (χ4v) is 2.72. The second kappa shape index (κ2) is 6.71. The molecule has 1 unspecified atom stereocenters. The summed E-state index contributed by atoms with van der Waals surface area (Å²) in [4.78, 5) is 0. The van der Waals surface area contributed by atoms with Gasteiger partial charge in [0.1, 0.15) is 5.75 Å². The lowest BCUT2D eigenvalue weighted by molar-refractivity contribution is 0.174. The Kier molecular flexibility index (Phi) is 4.49. The Morgan fingerprint density at radius 1 is 1.14 bits per heavy atom. The van der Waals surface area contributed by atoms with Crippen molar-refractivity contribution in [3.63, 3.8) is 0 Å². The SMILES string of the molecule is CCOc1cccc(CC(CN)c2ccc3c(c2)OCO3)c1. The van der Waals surface area contributed by atoms with Crippen LogP contribution in [-0.4, -0.2) is 19.9 Å². The third-order valence-corrected chi connectivity index (χ3v) is 3.84. The molecule has 3 rings (SSSR count). The van der Waals surface area contributed by atoms with Gasteiger partial charge in [0.2, 0.25) is 6.79 Å². The summed E-state index contributed by atoms with van der Waals surface area (Å²) < 4.78 is 16.4. The van der Waals surface area contributed by atoms with E-state index in [9.17, 15) is 0 Å². The molecule has 0 saturated heterocycles. The highest BCUT2D eigenvalue weighted by molar-refractivity contribution is 5.46. The summed E-state index contributed by atoms with van der Waals surface area (Å²) in [7, 11) is 0. The van der Waals surface area contributed by atoms with Gasteiger partial charge >= 0.3 is 0 Å². The zero-order valence-electron chi connectivity index (χ0n) is 12.7. The lowest BCUT2D eigenvalue weighted by Gasteiger charge is -2.16. The van der Waals surface area contributed by atoms with Crippen LogP contribution in [0, 0.1) is 0 Å². The highest BCUT2D eigenvalue weighted by Crippen LogP contribution is 2.35. The van der Waals surface area contributed by atoms with Crippen LogP contribution in [0.1, 0.15) is 24.0 Å². The number of ether oxygens (including phenoxy) is 3. The monoisotopic (exact) mass is 299 g/mol. The van der Waals surface area contributed by atoms with Gasteiger partial charge in [0, 0.05) is 5.92 Å². The summed E-state index contributed by atoms with van der Waals surface area (Å²) in [6.07, 6.45) is 0.872. The fraction of sp³-hybridized carbons (Fsp3) is 0.333. The summed E-state index contributed by atoms with van der Waals surface area (Å²) in [5.74, 6) is 2.75. The molecule has 116 valence electrons. The second-order valence-corrected chi connectivity index (χ2v) is 5.33. The summed E-state index contributed by atoms with van der Waals surface area (Å²) in [6.45, 7) is 3.54. The van der Waals surface area contributed by atoms with Crippen LogP contribution in [-0.2, 0) is 6.42 Å². The molecule has 0 spiro atoms. The van der Waals surface area contributed by atoms with Gasteiger partial charge in [0.25, 0.3) is 0 Å². The van der Waals surface area contributed by atoms with Crippen LogP contribution in [0.2, 0.25) is 0 Å². The molecule has 1 heterocycles. The van der Waals surface area contributed by atoms with E-state index >= 15 is 0 Å². The maximum atomic E-state index is 5.99. The summed E-state index contributed by atoms with van der Waals surface area (Å²) in [5.41, 5.74) is 8.39. The quantitative estimate of drug-likeness (QED) is 0.890. The van der Waals surface area contributed by atoms with Crippen molar-refractivity contribution in [2.45, 2.75) is 19.3 Å². The van der Waals surface area contributed by atoms with Gasteiger partial charge in [-0.1, -0.05) is 18.2 Å². The van der Waals surface area contributed by atoms with E-state index in [1.165, 1.54) is 11.1 Å². The predicted octanol–water partition coefficient (Wildman–Crippen LogP) is 3.10. The van der Waals surface area contributed by atoms with Gasteiger partial charge in [-0.15, -0.1) is 0 Å². The van der Waals surface area contributed by atoms with Crippen molar-refractivity contribution in [2.75, 3.05) is 19.9 Å². The number of benzene rings is 2. The van der Waals surface area contributed by atoms with Crippen molar-refractivity contribution in [1.82, 2.24) is 0 Å². The lowest BCUT2D eigenvalue weighted by atomic mass is 9.92. The molecule has 1 aliphatic rings. The van der Waals surface area contributed by atoms with Crippen molar-refractivity contribution in [3.8, 4) is 17.2 Å². The van der Waals surface area contributed by atoms with Gasteiger partial charge in [-0.2, -0.15) is 0 Å².